The third-order valence-electron chi connectivity index (χ3n) is 2.75. The molecule has 0 spiro atoms. The zero-order valence-electron chi connectivity index (χ0n) is 13.0. The first-order valence-corrected chi connectivity index (χ1v) is 8.02. The van der Waals surface area contributed by atoms with Crippen LogP contribution in [0.15, 0.2) is 24.5 Å². The van der Waals surface area contributed by atoms with Crippen molar-refractivity contribution in [2.75, 3.05) is 25.1 Å². The van der Waals surface area contributed by atoms with Crippen LogP contribution in [-0.4, -0.2) is 35.8 Å². The van der Waals surface area contributed by atoms with E-state index in [4.69, 9.17) is 4.74 Å². The van der Waals surface area contributed by atoms with Crippen LogP contribution in [0.25, 0.3) is 0 Å². The summed E-state index contributed by atoms with van der Waals surface area (Å²) in [5.74, 6) is 6.12. The summed E-state index contributed by atoms with van der Waals surface area (Å²) in [4.78, 5) is 20.8. The van der Waals surface area contributed by atoms with Crippen LogP contribution in [0, 0.1) is 18.8 Å². The number of aromatic nitrogens is 2. The number of carbonyl (C=O) groups excluding carboxylic acids is 1. The molecule has 0 atom stereocenters. The average molecular weight is 330 g/mol. The SMILES string of the molecule is CCOCCNC(=O)Nc1nc(C)c(C#Cc2ccncc2)s1. The van der Waals surface area contributed by atoms with Crippen LogP contribution in [0.5, 0.6) is 0 Å². The minimum Gasteiger partial charge on any atom is -0.380 e. The highest BCUT2D eigenvalue weighted by atomic mass is 32.1. The van der Waals surface area contributed by atoms with Gasteiger partial charge in [-0.1, -0.05) is 17.3 Å². The van der Waals surface area contributed by atoms with E-state index in [1.54, 1.807) is 12.4 Å². The van der Waals surface area contributed by atoms with E-state index >= 15 is 0 Å². The molecule has 2 amide bonds. The van der Waals surface area contributed by atoms with Gasteiger partial charge in [-0.2, -0.15) is 0 Å². The van der Waals surface area contributed by atoms with E-state index < -0.39 is 0 Å². The molecule has 0 aromatic carbocycles. The third-order valence-corrected chi connectivity index (χ3v) is 3.74. The van der Waals surface area contributed by atoms with Gasteiger partial charge in [-0.15, -0.1) is 0 Å². The Morgan fingerprint density at radius 3 is 2.87 bits per heavy atom. The molecule has 0 aliphatic heterocycles. The number of nitrogens with one attached hydrogen (secondary N) is 2. The number of nitrogens with zero attached hydrogens (tertiary/aromatic N) is 2. The average Bonchev–Trinajstić information content (AvgIpc) is 2.90. The zero-order chi connectivity index (χ0) is 16.5. The number of ether oxygens (including phenoxy) is 1. The fourth-order valence-corrected chi connectivity index (χ4v) is 2.47. The Morgan fingerprint density at radius 2 is 2.13 bits per heavy atom. The molecule has 0 fully saturated rings. The van der Waals surface area contributed by atoms with Crippen LogP contribution in [0.3, 0.4) is 0 Å². The molecular weight excluding hydrogens is 312 g/mol. The van der Waals surface area contributed by atoms with Gasteiger partial charge in [-0.25, -0.2) is 9.78 Å². The lowest BCUT2D eigenvalue weighted by atomic mass is 10.2. The van der Waals surface area contributed by atoms with Crippen molar-refractivity contribution in [1.82, 2.24) is 15.3 Å². The molecule has 0 bridgehead atoms. The Morgan fingerprint density at radius 1 is 1.35 bits per heavy atom. The van der Waals surface area contributed by atoms with Gasteiger partial charge in [0, 0.05) is 31.1 Å². The standard InChI is InChI=1S/C16H18N4O2S/c1-3-22-11-10-18-15(21)20-16-19-12(2)14(23-16)5-4-13-6-8-17-9-7-13/h6-9H,3,10-11H2,1-2H3,(H2,18,19,20,21). The van der Waals surface area contributed by atoms with Gasteiger partial charge in [0.25, 0.3) is 0 Å². The van der Waals surface area contributed by atoms with Gasteiger partial charge in [0.05, 0.1) is 12.3 Å². The summed E-state index contributed by atoms with van der Waals surface area (Å²) < 4.78 is 5.15. The lowest BCUT2D eigenvalue weighted by molar-refractivity contribution is 0.150. The second kappa shape index (κ2) is 8.88. The highest BCUT2D eigenvalue weighted by molar-refractivity contribution is 7.16. The first-order valence-electron chi connectivity index (χ1n) is 7.21. The lowest BCUT2D eigenvalue weighted by Gasteiger charge is -2.04. The Kier molecular flexibility index (Phi) is 6.54. The van der Waals surface area contributed by atoms with Crippen molar-refractivity contribution in [1.29, 1.82) is 0 Å². The summed E-state index contributed by atoms with van der Waals surface area (Å²) in [6, 6.07) is 3.38. The Labute approximate surface area is 139 Å². The fraction of sp³-hybridized carbons (Fsp3) is 0.312. The number of carbonyl (C=O) groups is 1. The van der Waals surface area contributed by atoms with E-state index in [1.165, 1.54) is 11.3 Å². The van der Waals surface area contributed by atoms with Gasteiger partial charge in [0.1, 0.15) is 4.88 Å². The first-order chi connectivity index (χ1) is 11.2. The van der Waals surface area contributed by atoms with Crippen molar-refractivity contribution < 1.29 is 9.53 Å². The molecule has 2 heterocycles. The summed E-state index contributed by atoms with van der Waals surface area (Å²) in [7, 11) is 0. The molecule has 7 heteroatoms. The van der Waals surface area contributed by atoms with Crippen molar-refractivity contribution in [3.05, 3.63) is 40.7 Å². The van der Waals surface area contributed by atoms with Crippen LogP contribution in [0.2, 0.25) is 0 Å². The number of pyridine rings is 1. The van der Waals surface area contributed by atoms with E-state index in [0.717, 1.165) is 16.1 Å². The van der Waals surface area contributed by atoms with E-state index in [1.807, 2.05) is 26.0 Å². The summed E-state index contributed by atoms with van der Waals surface area (Å²) in [6.07, 6.45) is 3.40. The van der Waals surface area contributed by atoms with Crippen molar-refractivity contribution in [2.45, 2.75) is 13.8 Å². The number of rotatable bonds is 5. The Balaban J connectivity index is 1.93. The normalized spacial score (nSPS) is 9.83. The number of aryl methyl sites for hydroxylation is 1. The largest absolute Gasteiger partial charge is 0.380 e. The number of urea groups is 1. The smallest absolute Gasteiger partial charge is 0.321 e. The molecule has 2 rings (SSSR count). The first kappa shape index (κ1) is 16.9. The topological polar surface area (TPSA) is 76.1 Å². The van der Waals surface area contributed by atoms with E-state index in [-0.39, 0.29) is 6.03 Å². The van der Waals surface area contributed by atoms with Gasteiger partial charge in [-0.05, 0) is 31.9 Å². The van der Waals surface area contributed by atoms with Crippen molar-refractivity contribution in [3.63, 3.8) is 0 Å². The molecule has 120 valence electrons. The zero-order valence-corrected chi connectivity index (χ0v) is 13.9. The Bertz CT molecular complexity index is 704. The molecule has 0 aliphatic carbocycles. The van der Waals surface area contributed by atoms with E-state index in [9.17, 15) is 4.79 Å². The molecule has 0 aliphatic rings. The summed E-state index contributed by atoms with van der Waals surface area (Å²) in [6.45, 7) is 5.36. The molecule has 2 aromatic heterocycles. The molecule has 0 unspecified atom stereocenters. The molecule has 6 nitrogen and oxygen atoms in total. The van der Waals surface area contributed by atoms with Crippen LogP contribution >= 0.6 is 11.3 Å². The maximum Gasteiger partial charge on any atom is 0.321 e. The molecular formula is C16H18N4O2S. The predicted molar refractivity (Wildman–Crippen MR) is 90.6 cm³/mol. The molecule has 0 saturated heterocycles. The van der Waals surface area contributed by atoms with Crippen LogP contribution in [-0.2, 0) is 4.74 Å². The third kappa shape index (κ3) is 5.70. The van der Waals surface area contributed by atoms with Crippen LogP contribution < -0.4 is 10.6 Å². The van der Waals surface area contributed by atoms with E-state index in [2.05, 4.69) is 32.4 Å². The molecule has 2 aromatic rings. The number of thiazole rings is 1. The maximum absolute atomic E-state index is 11.7. The molecule has 0 radical (unpaired) electrons. The number of hydrogen-bond donors (Lipinski definition) is 2. The minimum absolute atomic E-state index is 0.299. The monoisotopic (exact) mass is 330 g/mol. The second-order valence-electron chi connectivity index (χ2n) is 4.50. The van der Waals surface area contributed by atoms with Crippen molar-refractivity contribution in [3.8, 4) is 11.8 Å². The van der Waals surface area contributed by atoms with Gasteiger partial charge in [0.15, 0.2) is 5.13 Å². The summed E-state index contributed by atoms with van der Waals surface area (Å²) >= 11 is 1.35. The summed E-state index contributed by atoms with van der Waals surface area (Å²) in [5, 5.41) is 5.93. The molecule has 2 N–H and O–H groups in total. The maximum atomic E-state index is 11.7. The predicted octanol–water partition coefficient (Wildman–Crippen LogP) is 2.40. The lowest BCUT2D eigenvalue weighted by Crippen LogP contribution is -2.31. The van der Waals surface area contributed by atoms with Crippen LogP contribution in [0.1, 0.15) is 23.1 Å². The van der Waals surface area contributed by atoms with Gasteiger partial charge < -0.3 is 10.1 Å². The minimum atomic E-state index is -0.299. The number of hydrogen-bond acceptors (Lipinski definition) is 5. The fourth-order valence-electron chi connectivity index (χ4n) is 1.65. The second-order valence-corrected chi connectivity index (χ2v) is 5.50. The molecule has 0 saturated carbocycles. The van der Waals surface area contributed by atoms with Gasteiger partial charge >= 0.3 is 6.03 Å². The van der Waals surface area contributed by atoms with Crippen molar-refractivity contribution >= 4 is 22.5 Å². The number of anilines is 1. The summed E-state index contributed by atoms with van der Waals surface area (Å²) in [5.41, 5.74) is 1.68. The quantitative estimate of drug-likeness (QED) is 0.652. The van der Waals surface area contributed by atoms with E-state index in [0.29, 0.717) is 24.9 Å². The number of amides is 2. The van der Waals surface area contributed by atoms with Crippen molar-refractivity contribution in [2.24, 2.45) is 0 Å². The highest BCUT2D eigenvalue weighted by Crippen LogP contribution is 2.21. The van der Waals surface area contributed by atoms with Gasteiger partial charge in [-0.3, -0.25) is 10.3 Å². The Hall–Kier alpha value is -2.43. The van der Waals surface area contributed by atoms with Gasteiger partial charge in [0.2, 0.25) is 0 Å². The highest BCUT2D eigenvalue weighted by Gasteiger charge is 2.08. The molecule has 23 heavy (non-hydrogen) atoms. The van der Waals surface area contributed by atoms with Crippen LogP contribution in [0.4, 0.5) is 9.93 Å².